The van der Waals surface area contributed by atoms with E-state index in [9.17, 15) is 108 Å². The predicted molar refractivity (Wildman–Crippen MR) is 541 cm³/mol. The van der Waals surface area contributed by atoms with Crippen LogP contribution in [0.25, 0.3) is 10.9 Å². The maximum Gasteiger partial charge on any atom is 0.325 e. The Morgan fingerprint density at radius 2 is 0.847 bits per heavy atom. The molecule has 7 rings (SSSR count). The van der Waals surface area contributed by atoms with Gasteiger partial charge in [-0.1, -0.05) is 101 Å². The SMILES string of the molecule is CC[C@H](C)[C@H](NC(=O)[C@@H]1CCCN1C(=O)[C@H](CCSC)NC(=O)[C@H](Cc1ccc(O)cc1)NC(=O)[C@H](CO)NC(=O)[C@H](CC(C)C)NC(=O)[C@H](CC(=O)O)NC(=O)[C@@H]1CCCN1C(=O)[C@@H](N)CCCCN)C(=O)N[C@@H](Cc1c[nH]c2ccccc12)C(=O)N[C@@H](CCCCN)C(=O)N[C@@H](Cc1ccccc1)C(=O)N1CCC[C@H]1C(=O)N[C@@H](CC(=O)O)C(=O)N[C@@H](CCC(=O)O)C(=O)N[C@@H](CCC(=O)O)C(=O)NCC(=O)N[C@@H](C)C(=O)O. The standard InChI is InChI=1S/C99H143N21O29S/c1-7-54(4)82(117-94(143)76-28-19-41-119(76)97(146)66(37-43-150-6)109-87(136)68(45-57-29-31-59(122)32-30-57)111-91(140)73(52-121)116-86(135)67(44-53(2)3)110-90(139)71(49-81(130)131)113-92(141)74-26-17-40-118(74)96(145)61(102)23-13-15-38-100)95(144)114-69(47-58-50-103-62-24-12-11-22-60(58)62)88(137)106-63(25-14-16-39-101)84(133)115-72(46-56-20-9-8-10-21-56)98(147)120-42-18-27-75(120)93(142)112-70(48-80(128)129)89(138)108-65(34-36-79(126)127)85(134)107-64(33-35-78(124)125)83(132)104-51-77(123)105-55(5)99(148)149/h8-12,20-22,24,29-32,50,53-55,61,63-76,82,103,121-122H,7,13-19,23,25-28,33-49,51-52,100-102H2,1-6H3,(H,104,132)(H,105,123)(H,106,137)(H,107,134)(H,108,138)(H,109,136)(H,110,139)(H,111,140)(H,112,142)(H,113,141)(H,114,144)(H,115,133)(H,116,135)(H,117,143)(H,124,125)(H,126,127)(H,128,129)(H,130,131)(H,148,149)/t54-,55-,61-,63-,64-,65-,66-,67-,68-,69-,70-,71-,72-,73-,74-,75-,76-,82-/m0/s1. The number of aliphatic hydroxyl groups is 1. The molecule has 0 unspecified atom stereocenters. The Morgan fingerprint density at radius 3 is 1.35 bits per heavy atom. The average Bonchev–Trinajstić information content (AvgIpc) is 1.69. The third-order valence-electron chi connectivity index (χ3n) is 25.9. The number of rotatable bonds is 64. The second-order valence-corrected chi connectivity index (χ2v) is 38.9. The van der Waals surface area contributed by atoms with Gasteiger partial charge in [-0.25, -0.2) is 0 Å². The third-order valence-corrected chi connectivity index (χ3v) is 26.6. The fourth-order valence-corrected chi connectivity index (χ4v) is 18.0. The van der Waals surface area contributed by atoms with E-state index in [-0.39, 0.29) is 133 Å². The number of carbonyl (C=O) groups is 22. The van der Waals surface area contributed by atoms with E-state index in [2.05, 4.69) is 79.4 Å². The van der Waals surface area contributed by atoms with Crippen molar-refractivity contribution in [2.75, 3.05) is 57.9 Å². The van der Waals surface area contributed by atoms with Gasteiger partial charge in [-0.15, -0.1) is 0 Å². The number of likely N-dealkylation sites (tertiary alicyclic amines) is 3. The first-order valence-electron chi connectivity index (χ1n) is 50.2. The Morgan fingerprint density at radius 1 is 0.427 bits per heavy atom. The molecular formula is C99H143N21O29S. The van der Waals surface area contributed by atoms with E-state index in [4.69, 9.17) is 17.2 Å². The van der Waals surface area contributed by atoms with E-state index >= 15 is 33.6 Å². The van der Waals surface area contributed by atoms with Crippen LogP contribution < -0.4 is 91.6 Å². The van der Waals surface area contributed by atoms with E-state index < -0.39 is 291 Å². The third kappa shape index (κ3) is 38.6. The number of carbonyl (C=O) groups excluding carboxylic acids is 17. The monoisotopic (exact) mass is 2120 g/mol. The van der Waals surface area contributed by atoms with E-state index in [1.54, 1.807) is 94.7 Å². The van der Waals surface area contributed by atoms with Gasteiger partial charge in [0.1, 0.15) is 102 Å². The normalized spacial score (nSPS) is 17.3. The van der Waals surface area contributed by atoms with Crippen molar-refractivity contribution in [2.24, 2.45) is 29.0 Å². The molecule has 4 aromatic rings. The molecule has 0 bridgehead atoms. The Labute approximate surface area is 869 Å². The molecule has 3 aromatic carbocycles. The van der Waals surface area contributed by atoms with Crippen LogP contribution in [0.5, 0.6) is 5.75 Å². The van der Waals surface area contributed by atoms with Crippen molar-refractivity contribution in [3.05, 3.63) is 102 Å². The number of aromatic hydroxyl groups is 1. The summed E-state index contributed by atoms with van der Waals surface area (Å²) in [5, 5.41) is 105. The zero-order chi connectivity index (χ0) is 111. The molecule has 51 heteroatoms. The summed E-state index contributed by atoms with van der Waals surface area (Å²) < 4.78 is 0. The molecule has 50 nitrogen and oxygen atoms in total. The highest BCUT2D eigenvalue weighted by atomic mass is 32.2. The number of aromatic nitrogens is 1. The van der Waals surface area contributed by atoms with E-state index in [0.29, 0.717) is 59.8 Å². The van der Waals surface area contributed by atoms with Crippen LogP contribution in [0.4, 0.5) is 0 Å². The van der Waals surface area contributed by atoms with Crippen LogP contribution in [0.1, 0.15) is 186 Å². The molecule has 1 aromatic heterocycles. The average molecular weight is 2120 g/mol. The van der Waals surface area contributed by atoms with Crippen LogP contribution in [0.15, 0.2) is 85.1 Å². The van der Waals surface area contributed by atoms with Gasteiger partial charge in [0.05, 0.1) is 32.0 Å². The number of benzene rings is 3. The predicted octanol–water partition coefficient (Wildman–Crippen LogP) is -3.50. The zero-order valence-corrected chi connectivity index (χ0v) is 85.6. The summed E-state index contributed by atoms with van der Waals surface area (Å²) in [7, 11) is 0. The van der Waals surface area contributed by atoms with Crippen molar-refractivity contribution in [1.29, 1.82) is 0 Å². The number of H-pyrrole nitrogens is 1. The number of phenolic OH excluding ortho intramolecular Hbond substituents is 1. The summed E-state index contributed by atoms with van der Waals surface area (Å²) in [5.41, 5.74) is 19.8. The van der Waals surface area contributed by atoms with Gasteiger partial charge in [0, 0.05) is 68.8 Å². The number of nitrogens with zero attached hydrogens (tertiary/aromatic N) is 3. The van der Waals surface area contributed by atoms with Crippen molar-refractivity contribution in [1.82, 2.24) is 94.1 Å². The number of unbranched alkanes of at least 4 members (excludes halogenated alkanes) is 2. The molecule has 3 aliphatic heterocycles. The first-order valence-corrected chi connectivity index (χ1v) is 51.6. The molecule has 0 saturated carbocycles. The highest BCUT2D eigenvalue weighted by Gasteiger charge is 2.46. The van der Waals surface area contributed by atoms with Gasteiger partial charge in [0.15, 0.2) is 0 Å². The van der Waals surface area contributed by atoms with Gasteiger partial charge >= 0.3 is 29.8 Å². The first kappa shape index (κ1) is 122. The highest BCUT2D eigenvalue weighted by molar-refractivity contribution is 7.98. The van der Waals surface area contributed by atoms with Crippen molar-refractivity contribution in [3.63, 3.8) is 0 Å². The Balaban J connectivity index is 1.10. The number of aromatic amines is 1. The Kier molecular flexibility index (Phi) is 50.2. The molecule has 824 valence electrons. The molecule has 3 fully saturated rings. The maximum absolute atomic E-state index is 15.5. The maximum atomic E-state index is 15.5. The van der Waals surface area contributed by atoms with Gasteiger partial charge in [-0.2, -0.15) is 11.8 Å². The topological polar surface area (TPSA) is 789 Å². The number of hydrogen-bond acceptors (Lipinski definition) is 28. The molecule has 150 heavy (non-hydrogen) atoms. The van der Waals surface area contributed by atoms with Crippen LogP contribution in [0.2, 0.25) is 0 Å². The summed E-state index contributed by atoms with van der Waals surface area (Å²) in [4.78, 5) is 313. The fraction of sp³-hybridized carbons (Fsp3) is 0.576. The lowest BCUT2D eigenvalue weighted by Gasteiger charge is -2.32. The number of fused-ring (bicyclic) bond motifs is 1. The molecule has 28 N–H and O–H groups in total. The molecule has 3 aliphatic rings. The minimum Gasteiger partial charge on any atom is -0.508 e. The number of nitrogens with one attached hydrogen (secondary N) is 15. The lowest BCUT2D eigenvalue weighted by molar-refractivity contribution is -0.144. The molecular weight excluding hydrogens is 1980 g/mol. The number of hydrogen-bond donors (Lipinski definition) is 25. The van der Waals surface area contributed by atoms with Gasteiger partial charge in [0.25, 0.3) is 0 Å². The fourth-order valence-electron chi connectivity index (χ4n) is 17.6. The van der Waals surface area contributed by atoms with Crippen LogP contribution in [-0.4, -0.2) is 346 Å². The minimum absolute atomic E-state index is 0.0371. The molecule has 0 radical (unpaired) electrons. The summed E-state index contributed by atoms with van der Waals surface area (Å²) in [5.74, 6) is -25.6. The number of aliphatic carboxylic acids is 5. The molecule has 4 heterocycles. The number of carboxylic acid groups (broad SMARTS) is 5. The number of phenols is 1. The molecule has 18 atom stereocenters. The molecule has 3 saturated heterocycles. The van der Waals surface area contributed by atoms with Gasteiger partial charge in [-0.3, -0.25) is 105 Å². The number of amides is 17. The second-order valence-electron chi connectivity index (χ2n) is 37.9. The molecule has 0 aliphatic carbocycles. The number of aliphatic hydroxyl groups excluding tert-OH is 1. The van der Waals surface area contributed by atoms with E-state index in [0.717, 1.165) is 11.8 Å². The van der Waals surface area contributed by atoms with Crippen LogP contribution >= 0.6 is 11.8 Å². The number of para-hydroxylation sites is 1. The van der Waals surface area contributed by atoms with Crippen LogP contribution in [0, 0.1) is 11.8 Å². The minimum atomic E-state index is -2.09. The lowest BCUT2D eigenvalue weighted by Crippen LogP contribution is -2.62. The van der Waals surface area contributed by atoms with Crippen molar-refractivity contribution < 1.29 is 141 Å². The Hall–Kier alpha value is -14.5. The van der Waals surface area contributed by atoms with E-state index in [1.165, 1.54) is 45.8 Å². The second kappa shape index (κ2) is 61.5. The van der Waals surface area contributed by atoms with Crippen molar-refractivity contribution in [3.8, 4) is 5.75 Å². The van der Waals surface area contributed by atoms with Crippen LogP contribution in [0.3, 0.4) is 0 Å². The summed E-state index contributed by atoms with van der Waals surface area (Å²) in [6.45, 7) is 6.32. The van der Waals surface area contributed by atoms with E-state index in [1.807, 2.05) is 0 Å². The first-order chi connectivity index (χ1) is 71.3. The summed E-state index contributed by atoms with van der Waals surface area (Å²) in [6.07, 6.45) is -0.117. The van der Waals surface area contributed by atoms with Crippen molar-refractivity contribution >= 4 is 153 Å². The number of thioether (sulfide) groups is 1. The number of carboxylic acids is 5. The largest absolute Gasteiger partial charge is 0.508 e. The lowest BCUT2D eigenvalue weighted by atomic mass is 9.96. The zero-order valence-electron chi connectivity index (χ0n) is 84.8. The van der Waals surface area contributed by atoms with Gasteiger partial charge in [0.2, 0.25) is 100 Å². The summed E-state index contributed by atoms with van der Waals surface area (Å²) >= 11 is 1.30. The quantitative estimate of drug-likeness (QED) is 0.0191. The van der Waals surface area contributed by atoms with Gasteiger partial charge < -0.3 is 147 Å². The van der Waals surface area contributed by atoms with Crippen LogP contribution in [-0.2, 0) is 125 Å². The smallest absolute Gasteiger partial charge is 0.325 e. The summed E-state index contributed by atoms with van der Waals surface area (Å²) in [6, 6.07) is -5.86. The molecule has 17 amide bonds. The molecule has 0 spiro atoms. The number of nitrogens with two attached hydrogens (primary N) is 3. The van der Waals surface area contributed by atoms with Gasteiger partial charge in [-0.05, 0) is 175 Å². The van der Waals surface area contributed by atoms with Crippen molar-refractivity contribution in [2.45, 2.75) is 291 Å². The Bertz CT molecular complexity index is 5370. The highest BCUT2D eigenvalue weighted by Crippen LogP contribution is 2.28.